The van der Waals surface area contributed by atoms with E-state index in [0.717, 1.165) is 0 Å². The van der Waals surface area contributed by atoms with Gasteiger partial charge in [0.25, 0.3) is 0 Å². The van der Waals surface area contributed by atoms with Crippen LogP contribution in [0, 0.1) is 6.92 Å². The lowest BCUT2D eigenvalue weighted by molar-refractivity contribution is -0.267. The average molecular weight is 362 g/mol. The van der Waals surface area contributed by atoms with Crippen LogP contribution >= 0.6 is 11.3 Å². The van der Waals surface area contributed by atoms with Crippen LogP contribution in [-0.2, 0) is 16.9 Å². The molecule has 0 spiro atoms. The van der Waals surface area contributed by atoms with Crippen molar-refractivity contribution in [3.05, 3.63) is 34.5 Å². The zero-order valence-corrected chi connectivity index (χ0v) is 13.9. The molecule has 0 radical (unpaired) electrons. The second-order valence-electron chi connectivity index (χ2n) is 5.53. The van der Waals surface area contributed by atoms with Crippen LogP contribution in [0.2, 0.25) is 0 Å². The molecule has 10 heteroatoms. The first kappa shape index (κ1) is 18.4. The normalized spacial score (nSPS) is 15.8. The van der Waals surface area contributed by atoms with Crippen LogP contribution in [0.25, 0.3) is 0 Å². The van der Waals surface area contributed by atoms with E-state index in [9.17, 15) is 23.1 Å². The van der Waals surface area contributed by atoms with Gasteiger partial charge in [-0.1, -0.05) is 0 Å². The molecule has 0 bridgehead atoms. The number of hydrogen-bond donors (Lipinski definition) is 2. The van der Waals surface area contributed by atoms with Crippen molar-refractivity contribution in [3.8, 4) is 0 Å². The monoisotopic (exact) mass is 362 g/mol. The van der Waals surface area contributed by atoms with Gasteiger partial charge in [-0.2, -0.15) is 18.3 Å². The lowest BCUT2D eigenvalue weighted by atomic mass is 9.99. The van der Waals surface area contributed by atoms with E-state index in [1.54, 1.807) is 30.1 Å². The van der Waals surface area contributed by atoms with Crippen molar-refractivity contribution >= 4 is 17.2 Å². The summed E-state index contributed by atoms with van der Waals surface area (Å²) < 4.78 is 41.5. The number of aromatic nitrogens is 3. The van der Waals surface area contributed by atoms with Gasteiger partial charge in [0.05, 0.1) is 13.0 Å². The van der Waals surface area contributed by atoms with Gasteiger partial charge in [0.2, 0.25) is 11.5 Å². The number of nitrogens with zero attached hydrogens (tertiary/aromatic N) is 3. The van der Waals surface area contributed by atoms with Crippen molar-refractivity contribution in [3.63, 3.8) is 0 Å². The van der Waals surface area contributed by atoms with Crippen LogP contribution in [0.15, 0.2) is 23.8 Å². The number of carbonyl (C=O) groups is 1. The maximum absolute atomic E-state index is 13.3. The van der Waals surface area contributed by atoms with Gasteiger partial charge in [-0.25, -0.2) is 4.98 Å². The highest BCUT2D eigenvalue weighted by Crippen LogP contribution is 2.42. The number of aliphatic hydroxyl groups is 1. The van der Waals surface area contributed by atoms with Crippen molar-refractivity contribution < 1.29 is 23.1 Å². The molecule has 1 amide bonds. The summed E-state index contributed by atoms with van der Waals surface area (Å²) in [6, 6.07) is 1.25. The van der Waals surface area contributed by atoms with Crippen molar-refractivity contribution in [2.24, 2.45) is 0 Å². The summed E-state index contributed by atoms with van der Waals surface area (Å²) in [5.74, 6) is -0.915. The first-order valence-electron chi connectivity index (χ1n) is 7.10. The van der Waals surface area contributed by atoms with Crippen LogP contribution < -0.4 is 5.32 Å². The number of alkyl halides is 3. The summed E-state index contributed by atoms with van der Waals surface area (Å²) in [4.78, 5) is 15.7. The summed E-state index contributed by atoms with van der Waals surface area (Å²) in [6.07, 6.45) is -2.93. The maximum atomic E-state index is 13.3. The van der Waals surface area contributed by atoms with Crippen molar-refractivity contribution in [2.75, 3.05) is 0 Å². The fourth-order valence-corrected chi connectivity index (χ4v) is 3.05. The molecule has 0 aliphatic heterocycles. The van der Waals surface area contributed by atoms with Crippen LogP contribution in [-0.4, -0.2) is 38.0 Å². The van der Waals surface area contributed by atoms with E-state index in [2.05, 4.69) is 15.4 Å². The molecule has 0 aliphatic carbocycles. The largest absolute Gasteiger partial charge is 0.424 e. The molecule has 0 fully saturated rings. The number of carbonyl (C=O) groups excluding carboxylic acids is 1. The van der Waals surface area contributed by atoms with E-state index < -0.39 is 35.2 Å². The zero-order chi connectivity index (χ0) is 18.0. The molecular formula is C14H17F3N4O2S. The molecule has 2 unspecified atom stereocenters. The third-order valence-corrected chi connectivity index (χ3v) is 4.40. The van der Waals surface area contributed by atoms with Crippen molar-refractivity contribution in [2.45, 2.75) is 44.6 Å². The topological polar surface area (TPSA) is 80.0 Å². The molecule has 0 saturated carbocycles. The second kappa shape index (κ2) is 6.89. The van der Waals surface area contributed by atoms with Crippen LogP contribution in [0.3, 0.4) is 0 Å². The fourth-order valence-electron chi connectivity index (χ4n) is 2.13. The number of hydrogen-bond acceptors (Lipinski definition) is 5. The zero-order valence-electron chi connectivity index (χ0n) is 13.0. The van der Waals surface area contributed by atoms with Gasteiger partial charge in [-0.3, -0.25) is 9.48 Å². The van der Waals surface area contributed by atoms with E-state index in [0.29, 0.717) is 23.6 Å². The van der Waals surface area contributed by atoms with Crippen LogP contribution in [0.5, 0.6) is 0 Å². The number of aryl methyl sites for hydroxylation is 1. The van der Waals surface area contributed by atoms with Crippen molar-refractivity contribution in [1.29, 1.82) is 0 Å². The molecule has 2 aromatic heterocycles. The lowest BCUT2D eigenvalue weighted by Crippen LogP contribution is -2.47. The summed E-state index contributed by atoms with van der Waals surface area (Å²) in [5, 5.41) is 17.4. The highest BCUT2D eigenvalue weighted by molar-refractivity contribution is 7.09. The van der Waals surface area contributed by atoms with Gasteiger partial charge < -0.3 is 10.4 Å². The van der Waals surface area contributed by atoms with Gasteiger partial charge in [0.15, 0.2) is 0 Å². The molecule has 6 nitrogen and oxygen atoms in total. The molecule has 2 atom stereocenters. The first-order valence-corrected chi connectivity index (χ1v) is 7.98. The van der Waals surface area contributed by atoms with E-state index in [1.165, 1.54) is 12.3 Å². The summed E-state index contributed by atoms with van der Waals surface area (Å²) in [5.41, 5.74) is -2.95. The molecule has 2 rings (SSSR count). The third kappa shape index (κ3) is 4.12. The Bertz CT molecular complexity index is 687. The molecule has 0 saturated heterocycles. The summed E-state index contributed by atoms with van der Waals surface area (Å²) in [6.45, 7) is 3.46. The second-order valence-corrected chi connectivity index (χ2v) is 6.38. The summed E-state index contributed by atoms with van der Waals surface area (Å²) in [7, 11) is 0. The molecule has 0 aromatic carbocycles. The number of thiazole rings is 1. The molecule has 2 heterocycles. The lowest BCUT2D eigenvalue weighted by Gasteiger charge is -2.28. The third-order valence-electron chi connectivity index (χ3n) is 3.29. The fraction of sp³-hybridized carbons (Fsp3) is 0.500. The predicted octanol–water partition coefficient (Wildman–Crippen LogP) is 1.99. The minimum atomic E-state index is -5.01. The standard InChI is InChI=1S/C14H17F3N4O2S/c1-9(7-21-5-3-4-18-21)19-11(22)6-13(23,14(15,16)17)12-20-10(2)8-24-12/h3-5,8-9,23H,6-7H2,1-2H3,(H,19,22). The quantitative estimate of drug-likeness (QED) is 0.824. The smallest absolute Gasteiger partial charge is 0.374 e. The molecule has 2 aromatic rings. The summed E-state index contributed by atoms with van der Waals surface area (Å²) >= 11 is 0.673. The van der Waals surface area contributed by atoms with Gasteiger partial charge >= 0.3 is 6.18 Å². The van der Waals surface area contributed by atoms with Gasteiger partial charge in [-0.05, 0) is 19.9 Å². The predicted molar refractivity (Wildman–Crippen MR) is 81.3 cm³/mol. The van der Waals surface area contributed by atoms with Gasteiger partial charge in [0.1, 0.15) is 5.01 Å². The minimum Gasteiger partial charge on any atom is -0.374 e. The van der Waals surface area contributed by atoms with Crippen LogP contribution in [0.1, 0.15) is 24.0 Å². The number of nitrogens with one attached hydrogen (secondary N) is 1. The van der Waals surface area contributed by atoms with Gasteiger partial charge in [0, 0.05) is 29.5 Å². The van der Waals surface area contributed by atoms with Gasteiger partial charge in [-0.15, -0.1) is 11.3 Å². The number of rotatable bonds is 6. The number of halogens is 3. The first-order chi connectivity index (χ1) is 11.1. The Kier molecular flexibility index (Phi) is 5.29. The maximum Gasteiger partial charge on any atom is 0.424 e. The molecule has 24 heavy (non-hydrogen) atoms. The Morgan fingerprint density at radius 2 is 2.21 bits per heavy atom. The Balaban J connectivity index is 2.08. The highest BCUT2D eigenvalue weighted by Gasteiger charge is 2.58. The van der Waals surface area contributed by atoms with Crippen LogP contribution in [0.4, 0.5) is 13.2 Å². The van der Waals surface area contributed by atoms with E-state index in [1.807, 2.05) is 0 Å². The van der Waals surface area contributed by atoms with E-state index in [-0.39, 0.29) is 0 Å². The molecule has 0 aliphatic rings. The van der Waals surface area contributed by atoms with E-state index >= 15 is 0 Å². The Morgan fingerprint density at radius 1 is 1.50 bits per heavy atom. The Labute approximate surface area is 140 Å². The SMILES string of the molecule is Cc1csc(C(O)(CC(=O)NC(C)Cn2cccn2)C(F)(F)F)n1. The molecular weight excluding hydrogens is 345 g/mol. The van der Waals surface area contributed by atoms with E-state index in [4.69, 9.17) is 0 Å². The molecule has 132 valence electrons. The Morgan fingerprint density at radius 3 is 2.71 bits per heavy atom. The average Bonchev–Trinajstić information content (AvgIpc) is 3.08. The highest BCUT2D eigenvalue weighted by atomic mass is 32.1. The Hall–Kier alpha value is -1.94. The minimum absolute atomic E-state index is 0.305. The van der Waals surface area contributed by atoms with Crippen molar-refractivity contribution in [1.82, 2.24) is 20.1 Å². The molecule has 2 N–H and O–H groups in total. The number of amides is 1.